The molecule has 0 fully saturated rings. The van der Waals surface area contributed by atoms with E-state index in [1.54, 1.807) is 0 Å². The quantitative estimate of drug-likeness (QED) is 0.441. The number of nitrogens with zero attached hydrogens (tertiary/aromatic N) is 2. The van der Waals surface area contributed by atoms with Crippen LogP contribution in [0.4, 0.5) is 15.8 Å². The summed E-state index contributed by atoms with van der Waals surface area (Å²) >= 11 is 2.20. The molecule has 0 radical (unpaired) electrons. The molecule has 0 aliphatic rings. The Morgan fingerprint density at radius 3 is 2.85 bits per heavy atom. The van der Waals surface area contributed by atoms with Gasteiger partial charge in [-0.25, -0.2) is 14.2 Å². The summed E-state index contributed by atoms with van der Waals surface area (Å²) in [4.78, 5) is 16.3. The molecule has 2 aromatic carbocycles. The molecule has 26 heavy (non-hydrogen) atoms. The molecule has 0 spiro atoms. The zero-order valence-electron chi connectivity index (χ0n) is 14.2. The summed E-state index contributed by atoms with van der Waals surface area (Å²) < 4.78 is 22.7. The van der Waals surface area contributed by atoms with Gasteiger partial charge in [0.1, 0.15) is 5.52 Å². The summed E-state index contributed by atoms with van der Waals surface area (Å²) in [5, 5.41) is 12.2. The van der Waals surface area contributed by atoms with E-state index in [-0.39, 0.29) is 29.9 Å². The predicted molar refractivity (Wildman–Crippen MR) is 105 cm³/mol. The van der Waals surface area contributed by atoms with Gasteiger partial charge in [0.15, 0.2) is 5.82 Å². The number of halogens is 2. The van der Waals surface area contributed by atoms with E-state index in [1.165, 1.54) is 24.1 Å². The van der Waals surface area contributed by atoms with E-state index in [4.69, 9.17) is 4.74 Å². The van der Waals surface area contributed by atoms with Crippen LogP contribution in [0.3, 0.4) is 0 Å². The molecule has 1 aromatic heterocycles. The first-order chi connectivity index (χ1) is 12.5. The summed E-state index contributed by atoms with van der Waals surface area (Å²) in [5.41, 5.74) is 2.22. The van der Waals surface area contributed by atoms with Crippen LogP contribution in [-0.4, -0.2) is 34.3 Å². The molecule has 1 heterocycles. The molecule has 0 saturated carbocycles. The number of ether oxygens (including phenoxy) is 1. The number of methoxy groups -OCH3 is 1. The second-order valence-corrected chi connectivity index (χ2v) is 6.96. The van der Waals surface area contributed by atoms with Gasteiger partial charge in [0.2, 0.25) is 0 Å². The topological polar surface area (TPSA) is 76.4 Å². The number of anilines is 2. The van der Waals surface area contributed by atoms with Gasteiger partial charge in [-0.15, -0.1) is 0 Å². The molecule has 0 unspecified atom stereocenters. The van der Waals surface area contributed by atoms with E-state index >= 15 is 4.39 Å². The second-order valence-electron chi connectivity index (χ2n) is 5.72. The standard InChI is InChI=1S/C18H17FIN3O3/c1-10-7-11(20)3-4-13(10)22-16-12(18(25)26-2)8-14-17(15(16)19)23(5-6-24)9-21-14/h3-4,7-9,22,24H,5-6H2,1-2H3. The minimum absolute atomic E-state index is 0.0216. The summed E-state index contributed by atoms with van der Waals surface area (Å²) in [6.07, 6.45) is 1.44. The highest BCUT2D eigenvalue weighted by Gasteiger charge is 2.23. The number of hydrogen-bond acceptors (Lipinski definition) is 5. The molecule has 0 aliphatic carbocycles. The van der Waals surface area contributed by atoms with E-state index < -0.39 is 11.8 Å². The maximum absolute atomic E-state index is 15.3. The van der Waals surface area contributed by atoms with Gasteiger partial charge in [0.25, 0.3) is 0 Å². The number of aliphatic hydroxyl groups is 1. The Morgan fingerprint density at radius 2 is 2.19 bits per heavy atom. The molecule has 0 amide bonds. The van der Waals surface area contributed by atoms with Crippen molar-refractivity contribution in [2.45, 2.75) is 13.5 Å². The first-order valence-corrected chi connectivity index (χ1v) is 8.93. The number of imidazole rings is 1. The van der Waals surface area contributed by atoms with Gasteiger partial charge in [-0.1, -0.05) is 0 Å². The Morgan fingerprint density at radius 1 is 1.42 bits per heavy atom. The van der Waals surface area contributed by atoms with E-state index in [1.807, 2.05) is 25.1 Å². The van der Waals surface area contributed by atoms with Crippen molar-refractivity contribution in [3.8, 4) is 0 Å². The van der Waals surface area contributed by atoms with Crippen molar-refractivity contribution in [2.75, 3.05) is 19.0 Å². The number of nitrogens with one attached hydrogen (secondary N) is 1. The number of carbonyl (C=O) groups excluding carboxylic acids is 1. The Kier molecular flexibility index (Phi) is 5.42. The normalized spacial score (nSPS) is 11.0. The summed E-state index contributed by atoms with van der Waals surface area (Å²) in [6.45, 7) is 1.95. The first-order valence-electron chi connectivity index (χ1n) is 7.86. The number of aryl methyl sites for hydroxylation is 1. The van der Waals surface area contributed by atoms with Crippen molar-refractivity contribution in [1.29, 1.82) is 0 Å². The van der Waals surface area contributed by atoms with Crippen LogP contribution in [0.25, 0.3) is 11.0 Å². The van der Waals surface area contributed by atoms with Gasteiger partial charge in [-0.05, 0) is 59.3 Å². The summed E-state index contributed by atoms with van der Waals surface area (Å²) in [5.74, 6) is -1.28. The number of fused-ring (bicyclic) bond motifs is 1. The third-order valence-electron chi connectivity index (χ3n) is 4.04. The smallest absolute Gasteiger partial charge is 0.340 e. The lowest BCUT2D eigenvalue weighted by Gasteiger charge is -2.15. The highest BCUT2D eigenvalue weighted by molar-refractivity contribution is 14.1. The molecular formula is C18H17FIN3O3. The number of hydrogen-bond donors (Lipinski definition) is 2. The molecule has 0 atom stereocenters. The minimum atomic E-state index is -0.659. The maximum atomic E-state index is 15.3. The van der Waals surface area contributed by atoms with E-state index in [2.05, 4.69) is 32.9 Å². The fourth-order valence-corrected chi connectivity index (χ4v) is 3.41. The highest BCUT2D eigenvalue weighted by atomic mass is 127. The number of aliphatic hydroxyl groups excluding tert-OH is 1. The maximum Gasteiger partial charge on any atom is 0.340 e. The van der Waals surface area contributed by atoms with Crippen LogP contribution in [-0.2, 0) is 11.3 Å². The van der Waals surface area contributed by atoms with Crippen LogP contribution in [0.1, 0.15) is 15.9 Å². The molecule has 6 nitrogen and oxygen atoms in total. The number of benzene rings is 2. The molecule has 3 aromatic rings. The van der Waals surface area contributed by atoms with Crippen LogP contribution < -0.4 is 5.32 Å². The third kappa shape index (κ3) is 3.38. The molecule has 2 N–H and O–H groups in total. The largest absolute Gasteiger partial charge is 0.465 e. The van der Waals surface area contributed by atoms with Gasteiger partial charge < -0.3 is 19.7 Å². The molecular weight excluding hydrogens is 452 g/mol. The lowest BCUT2D eigenvalue weighted by Crippen LogP contribution is -2.10. The zero-order valence-corrected chi connectivity index (χ0v) is 16.4. The summed E-state index contributed by atoms with van der Waals surface area (Å²) in [7, 11) is 1.24. The van der Waals surface area contributed by atoms with Crippen LogP contribution in [0.15, 0.2) is 30.6 Å². The molecule has 3 rings (SSSR count). The number of rotatable bonds is 5. The predicted octanol–water partition coefficient (Wildman–Crippen LogP) is 3.61. The van der Waals surface area contributed by atoms with E-state index in [0.717, 1.165) is 9.13 Å². The Balaban J connectivity index is 2.21. The van der Waals surface area contributed by atoms with Crippen LogP contribution in [0.5, 0.6) is 0 Å². The molecule has 0 bridgehead atoms. The molecule has 136 valence electrons. The van der Waals surface area contributed by atoms with Crippen LogP contribution in [0.2, 0.25) is 0 Å². The Bertz CT molecular complexity index is 987. The lowest BCUT2D eigenvalue weighted by atomic mass is 10.1. The highest BCUT2D eigenvalue weighted by Crippen LogP contribution is 2.32. The van der Waals surface area contributed by atoms with Gasteiger partial charge in [0.05, 0.1) is 36.8 Å². The second kappa shape index (κ2) is 7.58. The van der Waals surface area contributed by atoms with Crippen molar-refractivity contribution in [2.24, 2.45) is 0 Å². The average molecular weight is 469 g/mol. The lowest BCUT2D eigenvalue weighted by molar-refractivity contribution is 0.0601. The first kappa shape index (κ1) is 18.6. The fourth-order valence-electron chi connectivity index (χ4n) is 2.76. The van der Waals surface area contributed by atoms with Gasteiger partial charge >= 0.3 is 5.97 Å². The molecule has 0 saturated heterocycles. The Labute approximate surface area is 163 Å². The van der Waals surface area contributed by atoms with Crippen molar-refractivity contribution in [1.82, 2.24) is 9.55 Å². The third-order valence-corrected chi connectivity index (χ3v) is 4.71. The number of aromatic nitrogens is 2. The van der Waals surface area contributed by atoms with Crippen molar-refractivity contribution < 1.29 is 19.0 Å². The number of esters is 1. The zero-order chi connectivity index (χ0) is 18.8. The van der Waals surface area contributed by atoms with E-state index in [9.17, 15) is 9.90 Å². The molecule has 8 heteroatoms. The van der Waals surface area contributed by atoms with Crippen molar-refractivity contribution in [3.05, 3.63) is 51.1 Å². The number of carbonyl (C=O) groups is 1. The molecule has 0 aliphatic heterocycles. The minimum Gasteiger partial charge on any atom is -0.465 e. The Hall–Kier alpha value is -2.20. The van der Waals surface area contributed by atoms with Crippen LogP contribution in [0, 0.1) is 16.3 Å². The summed E-state index contributed by atoms with van der Waals surface area (Å²) in [6, 6.07) is 7.16. The van der Waals surface area contributed by atoms with Crippen molar-refractivity contribution >= 4 is 51.0 Å². The SMILES string of the molecule is COC(=O)c1cc2ncn(CCO)c2c(F)c1Nc1ccc(I)cc1C. The average Bonchev–Trinajstić information content (AvgIpc) is 3.02. The monoisotopic (exact) mass is 469 g/mol. The fraction of sp³-hybridized carbons (Fsp3) is 0.222. The van der Waals surface area contributed by atoms with Gasteiger partial charge in [0, 0.05) is 15.8 Å². The van der Waals surface area contributed by atoms with E-state index in [0.29, 0.717) is 11.2 Å². The van der Waals surface area contributed by atoms with Gasteiger partial charge in [-0.2, -0.15) is 0 Å². The van der Waals surface area contributed by atoms with Gasteiger partial charge in [-0.3, -0.25) is 0 Å². The van der Waals surface area contributed by atoms with Crippen LogP contribution >= 0.6 is 22.6 Å². The van der Waals surface area contributed by atoms with Crippen molar-refractivity contribution in [3.63, 3.8) is 0 Å².